The monoisotopic (exact) mass is 471 g/mol. The predicted octanol–water partition coefficient (Wildman–Crippen LogP) is 4.85. The molecule has 1 saturated carbocycles. The fraction of sp³-hybridized carbons (Fsp3) is 0.462. The summed E-state index contributed by atoms with van der Waals surface area (Å²) in [7, 11) is 0. The van der Waals surface area contributed by atoms with E-state index in [1.165, 1.54) is 12.1 Å². The first-order chi connectivity index (χ1) is 16.0. The maximum atomic E-state index is 13.8. The van der Waals surface area contributed by atoms with E-state index < -0.39 is 5.41 Å². The molecule has 1 N–H and O–H groups in total. The summed E-state index contributed by atoms with van der Waals surface area (Å²) in [5.41, 5.74) is 0.964. The number of halogens is 2. The van der Waals surface area contributed by atoms with Crippen molar-refractivity contribution in [2.75, 3.05) is 38.0 Å². The summed E-state index contributed by atoms with van der Waals surface area (Å²) in [6.45, 7) is 2.91. The second-order valence-electron chi connectivity index (χ2n) is 9.10. The molecule has 2 fully saturated rings. The number of hydrogen-bond acceptors (Lipinski definition) is 3. The molecule has 2 aromatic rings. The molecule has 7 heteroatoms. The molecular weight excluding hydrogens is 441 g/mol. The van der Waals surface area contributed by atoms with Gasteiger partial charge >= 0.3 is 0 Å². The topological polar surface area (TPSA) is 52.7 Å². The van der Waals surface area contributed by atoms with E-state index in [9.17, 15) is 14.0 Å². The van der Waals surface area contributed by atoms with Crippen LogP contribution >= 0.6 is 11.6 Å². The van der Waals surface area contributed by atoms with Crippen molar-refractivity contribution in [1.29, 1.82) is 0 Å². The van der Waals surface area contributed by atoms with Crippen LogP contribution in [-0.4, -0.2) is 54.3 Å². The van der Waals surface area contributed by atoms with Crippen LogP contribution in [0.25, 0.3) is 0 Å². The summed E-state index contributed by atoms with van der Waals surface area (Å²) in [4.78, 5) is 30.4. The third kappa shape index (κ3) is 5.56. The third-order valence-corrected chi connectivity index (χ3v) is 7.23. The van der Waals surface area contributed by atoms with Crippen LogP contribution in [0.2, 0.25) is 5.02 Å². The second-order valence-corrected chi connectivity index (χ2v) is 9.51. The van der Waals surface area contributed by atoms with Gasteiger partial charge in [0.15, 0.2) is 0 Å². The van der Waals surface area contributed by atoms with Gasteiger partial charge in [0.1, 0.15) is 5.82 Å². The van der Waals surface area contributed by atoms with Crippen molar-refractivity contribution < 1.29 is 14.0 Å². The Kier molecular flexibility index (Phi) is 7.66. The van der Waals surface area contributed by atoms with Crippen LogP contribution in [0.4, 0.5) is 10.1 Å². The largest absolute Gasteiger partial charge is 0.341 e. The van der Waals surface area contributed by atoms with Crippen LogP contribution in [-0.2, 0) is 15.0 Å². The van der Waals surface area contributed by atoms with Gasteiger partial charge in [0.2, 0.25) is 11.8 Å². The standard InChI is InChI=1S/C26H31ClFN3O2/c27-22-7-2-3-8-23(22)29-24(32)19-30-15-6-16-31(18-17-30)25(33)26(13-4-1-5-14-26)20-9-11-21(28)12-10-20/h2-3,7-12H,1,4-6,13-19H2,(H,29,32). The number of rotatable bonds is 5. The zero-order valence-electron chi connectivity index (χ0n) is 18.9. The number of nitrogens with zero attached hydrogens (tertiary/aromatic N) is 2. The van der Waals surface area contributed by atoms with Crippen molar-refractivity contribution in [2.45, 2.75) is 43.9 Å². The number of para-hydroxylation sites is 1. The molecule has 0 spiro atoms. The number of carbonyl (C=O) groups excluding carboxylic acids is 2. The molecule has 1 saturated heterocycles. The molecule has 0 bridgehead atoms. The Labute approximate surface area is 199 Å². The summed E-state index contributed by atoms with van der Waals surface area (Å²) in [6, 6.07) is 13.7. The second kappa shape index (κ2) is 10.7. The van der Waals surface area contributed by atoms with Gasteiger partial charge in [0, 0.05) is 26.2 Å². The van der Waals surface area contributed by atoms with Crippen LogP contribution in [0, 0.1) is 5.82 Å². The van der Waals surface area contributed by atoms with Crippen molar-refractivity contribution in [3.8, 4) is 0 Å². The van der Waals surface area contributed by atoms with E-state index in [0.717, 1.165) is 50.6 Å². The van der Waals surface area contributed by atoms with E-state index >= 15 is 0 Å². The number of nitrogens with one attached hydrogen (secondary N) is 1. The van der Waals surface area contributed by atoms with Gasteiger partial charge in [0.05, 0.1) is 22.7 Å². The number of carbonyl (C=O) groups is 2. The lowest BCUT2D eigenvalue weighted by Gasteiger charge is -2.40. The van der Waals surface area contributed by atoms with E-state index in [-0.39, 0.29) is 24.2 Å². The number of amides is 2. The van der Waals surface area contributed by atoms with Gasteiger partial charge in [-0.1, -0.05) is 55.1 Å². The van der Waals surface area contributed by atoms with Crippen molar-refractivity contribution in [2.24, 2.45) is 0 Å². The lowest BCUT2D eigenvalue weighted by molar-refractivity contribution is -0.138. The average Bonchev–Trinajstić information content (AvgIpc) is 3.06. The maximum Gasteiger partial charge on any atom is 0.238 e. The van der Waals surface area contributed by atoms with E-state index in [4.69, 9.17) is 11.6 Å². The van der Waals surface area contributed by atoms with Crippen LogP contribution in [0.1, 0.15) is 44.1 Å². The molecule has 33 heavy (non-hydrogen) atoms. The van der Waals surface area contributed by atoms with Gasteiger partial charge in [-0.3, -0.25) is 14.5 Å². The lowest BCUT2D eigenvalue weighted by Crippen LogP contribution is -2.49. The Bertz CT molecular complexity index is 976. The quantitative estimate of drug-likeness (QED) is 0.678. The first-order valence-electron chi connectivity index (χ1n) is 11.8. The van der Waals surface area contributed by atoms with Crippen molar-refractivity contribution >= 4 is 29.1 Å². The minimum atomic E-state index is -0.567. The molecule has 1 aliphatic heterocycles. The predicted molar refractivity (Wildman–Crippen MR) is 129 cm³/mol. The molecule has 176 valence electrons. The highest BCUT2D eigenvalue weighted by molar-refractivity contribution is 6.33. The first kappa shape index (κ1) is 23.7. The first-order valence-corrected chi connectivity index (χ1v) is 12.2. The Morgan fingerprint density at radius 1 is 0.909 bits per heavy atom. The Balaban J connectivity index is 1.40. The summed E-state index contributed by atoms with van der Waals surface area (Å²) in [6.07, 6.45) is 5.56. The molecule has 1 heterocycles. The Morgan fingerprint density at radius 3 is 2.36 bits per heavy atom. The Morgan fingerprint density at radius 2 is 1.64 bits per heavy atom. The van der Waals surface area contributed by atoms with E-state index in [1.807, 2.05) is 17.0 Å². The van der Waals surface area contributed by atoms with Crippen molar-refractivity contribution in [1.82, 2.24) is 9.80 Å². The molecule has 1 aliphatic carbocycles. The molecule has 0 atom stereocenters. The summed E-state index contributed by atoms with van der Waals surface area (Å²) in [5.74, 6) is -0.244. The van der Waals surface area contributed by atoms with E-state index in [2.05, 4.69) is 10.2 Å². The van der Waals surface area contributed by atoms with Crippen molar-refractivity contribution in [3.63, 3.8) is 0 Å². The Hall–Kier alpha value is -2.44. The van der Waals surface area contributed by atoms with Gasteiger partial charge < -0.3 is 10.2 Å². The molecule has 2 amide bonds. The highest BCUT2D eigenvalue weighted by Gasteiger charge is 2.43. The zero-order chi connectivity index (χ0) is 23.3. The molecular formula is C26H31ClFN3O2. The van der Waals surface area contributed by atoms with E-state index in [0.29, 0.717) is 30.3 Å². The lowest BCUT2D eigenvalue weighted by atomic mass is 9.68. The van der Waals surface area contributed by atoms with Gasteiger partial charge in [-0.05, 0) is 49.1 Å². The minimum Gasteiger partial charge on any atom is -0.341 e. The molecule has 0 unspecified atom stereocenters. The summed E-state index contributed by atoms with van der Waals surface area (Å²) >= 11 is 6.14. The highest BCUT2D eigenvalue weighted by atomic mass is 35.5. The van der Waals surface area contributed by atoms with Crippen LogP contribution in [0.3, 0.4) is 0 Å². The van der Waals surface area contributed by atoms with E-state index in [1.54, 1.807) is 24.3 Å². The van der Waals surface area contributed by atoms with Gasteiger partial charge in [-0.15, -0.1) is 0 Å². The summed E-state index contributed by atoms with van der Waals surface area (Å²) < 4.78 is 13.6. The molecule has 4 rings (SSSR count). The number of hydrogen-bond donors (Lipinski definition) is 1. The molecule has 5 nitrogen and oxygen atoms in total. The number of benzene rings is 2. The van der Waals surface area contributed by atoms with Gasteiger partial charge in [0.25, 0.3) is 0 Å². The summed E-state index contributed by atoms with van der Waals surface area (Å²) in [5, 5.41) is 3.38. The van der Waals surface area contributed by atoms with Crippen LogP contribution < -0.4 is 5.32 Å². The van der Waals surface area contributed by atoms with Crippen LogP contribution in [0.5, 0.6) is 0 Å². The van der Waals surface area contributed by atoms with Gasteiger partial charge in [-0.2, -0.15) is 0 Å². The molecule has 2 aromatic carbocycles. The SMILES string of the molecule is O=C(CN1CCCN(C(=O)C2(c3ccc(F)cc3)CCCCC2)CC1)Nc1ccccc1Cl. The van der Waals surface area contributed by atoms with Crippen molar-refractivity contribution in [3.05, 3.63) is 64.9 Å². The third-order valence-electron chi connectivity index (χ3n) is 6.90. The molecule has 2 aliphatic rings. The minimum absolute atomic E-state index is 0.113. The fourth-order valence-corrected chi connectivity index (χ4v) is 5.32. The average molecular weight is 472 g/mol. The fourth-order valence-electron chi connectivity index (χ4n) is 5.14. The van der Waals surface area contributed by atoms with Gasteiger partial charge in [-0.25, -0.2) is 4.39 Å². The maximum absolute atomic E-state index is 13.8. The smallest absolute Gasteiger partial charge is 0.238 e. The zero-order valence-corrected chi connectivity index (χ0v) is 19.6. The van der Waals surface area contributed by atoms with Crippen LogP contribution in [0.15, 0.2) is 48.5 Å². The highest BCUT2D eigenvalue weighted by Crippen LogP contribution is 2.41. The molecule has 0 aromatic heterocycles. The normalized spacial score (nSPS) is 19.0. The number of anilines is 1. The molecule has 0 radical (unpaired) electrons.